The molecular weight excluding hydrogens is 770 g/mol. The number of hydrogen-bond donors (Lipinski definition) is 0. The first kappa shape index (κ1) is 36.0. The van der Waals surface area contributed by atoms with E-state index in [2.05, 4.69) is 174 Å². The Morgan fingerprint density at radius 2 is 0.613 bits per heavy atom. The zero-order valence-corrected chi connectivity index (χ0v) is 33.2. The molecule has 12 rings (SSSR count). The van der Waals surface area contributed by atoms with Crippen molar-refractivity contribution in [2.24, 2.45) is 0 Å². The van der Waals surface area contributed by atoms with E-state index in [1.165, 1.54) is 49.2 Å². The number of hydrogen-bond acceptors (Lipinski definition) is 0. The van der Waals surface area contributed by atoms with Crippen molar-refractivity contribution in [3.63, 3.8) is 0 Å². The predicted molar refractivity (Wildman–Crippen MR) is 251 cm³/mol. The van der Waals surface area contributed by atoms with Crippen LogP contribution in [0.25, 0.3) is 110 Å². The van der Waals surface area contributed by atoms with Gasteiger partial charge in [0, 0.05) is 32.9 Å². The van der Waals surface area contributed by atoms with Crippen LogP contribution in [0.15, 0.2) is 212 Å². The Bertz CT molecular complexity index is 3650. The Balaban J connectivity index is 0.969. The van der Waals surface area contributed by atoms with Crippen LogP contribution in [0, 0.1) is 0 Å². The van der Waals surface area contributed by atoms with Crippen LogP contribution in [0.3, 0.4) is 0 Å². The van der Waals surface area contributed by atoms with Gasteiger partial charge >= 0.3 is 6.18 Å². The van der Waals surface area contributed by atoms with Crippen LogP contribution in [0.1, 0.15) is 5.56 Å². The van der Waals surface area contributed by atoms with E-state index in [0.717, 1.165) is 67.2 Å². The molecule has 0 bridgehead atoms. The first-order valence-electron chi connectivity index (χ1n) is 20.7. The second kappa shape index (κ2) is 13.8. The number of aromatic nitrogens is 2. The minimum absolute atomic E-state index is 0.662. The van der Waals surface area contributed by atoms with Crippen molar-refractivity contribution in [1.82, 2.24) is 9.13 Å². The van der Waals surface area contributed by atoms with Gasteiger partial charge < -0.3 is 9.13 Å². The third kappa shape index (κ3) is 5.59. The van der Waals surface area contributed by atoms with Crippen molar-refractivity contribution in [2.45, 2.75) is 6.18 Å². The molecule has 0 aliphatic rings. The van der Waals surface area contributed by atoms with E-state index in [9.17, 15) is 13.2 Å². The fourth-order valence-corrected chi connectivity index (χ4v) is 9.79. The number of para-hydroxylation sites is 2. The van der Waals surface area contributed by atoms with E-state index >= 15 is 0 Å². The van der Waals surface area contributed by atoms with E-state index < -0.39 is 11.7 Å². The molecule has 0 aliphatic heterocycles. The molecule has 0 spiro atoms. The average molecular weight is 805 g/mol. The maximum absolute atomic E-state index is 13.4. The van der Waals surface area contributed by atoms with Crippen molar-refractivity contribution in [3.8, 4) is 44.8 Å². The molecule has 62 heavy (non-hydrogen) atoms. The first-order valence-corrected chi connectivity index (χ1v) is 20.7. The lowest BCUT2D eigenvalue weighted by atomic mass is 9.86. The van der Waals surface area contributed by atoms with E-state index in [1.807, 2.05) is 22.8 Å². The molecule has 0 unspecified atom stereocenters. The van der Waals surface area contributed by atoms with Gasteiger partial charge in [0.1, 0.15) is 0 Å². The van der Waals surface area contributed by atoms with Crippen LogP contribution in [0.2, 0.25) is 0 Å². The van der Waals surface area contributed by atoms with Crippen LogP contribution < -0.4 is 0 Å². The molecule has 10 aromatic carbocycles. The summed E-state index contributed by atoms with van der Waals surface area (Å²) in [5.74, 6) is 0. The standard InChI is InChI=1S/C57H35F3N2/c58-57(59,60)40-26-30-42(31-27-40)62-52-21-11-9-15-44(52)50-35-39(25-33-54(50)62)38-24-32-53-49(34-38)43-14-8-10-20-51(43)61(53)41-28-22-37(23-29-41)56-47-18-6-4-16-45(47)55(36-12-2-1-3-13-36)46-17-5-7-19-48(46)56/h1-35H. The summed E-state index contributed by atoms with van der Waals surface area (Å²) in [5.41, 5.74) is 12.2. The molecule has 0 atom stereocenters. The fraction of sp³-hybridized carbons (Fsp3) is 0.0175. The average Bonchev–Trinajstić information content (AvgIpc) is 3.83. The third-order valence-electron chi connectivity index (χ3n) is 12.5. The Labute approximate surface area is 355 Å². The van der Waals surface area contributed by atoms with E-state index in [0.29, 0.717) is 5.69 Å². The lowest BCUT2D eigenvalue weighted by molar-refractivity contribution is -0.137. The van der Waals surface area contributed by atoms with Gasteiger partial charge in [0.05, 0.1) is 27.6 Å². The highest BCUT2D eigenvalue weighted by atomic mass is 19.4. The summed E-state index contributed by atoms with van der Waals surface area (Å²) in [5, 5.41) is 9.32. The number of alkyl halides is 3. The van der Waals surface area contributed by atoms with Crippen molar-refractivity contribution < 1.29 is 13.2 Å². The minimum atomic E-state index is -4.39. The maximum atomic E-state index is 13.4. The summed E-state index contributed by atoms with van der Waals surface area (Å²) < 4.78 is 44.7. The highest BCUT2D eigenvalue weighted by molar-refractivity contribution is 6.21. The van der Waals surface area contributed by atoms with Gasteiger partial charge in [0.15, 0.2) is 0 Å². The van der Waals surface area contributed by atoms with Gasteiger partial charge in [0.25, 0.3) is 0 Å². The summed E-state index contributed by atoms with van der Waals surface area (Å²) in [6.07, 6.45) is -4.39. The second-order valence-corrected chi connectivity index (χ2v) is 16.0. The molecule has 0 aliphatic carbocycles. The number of benzene rings is 10. The van der Waals surface area contributed by atoms with Gasteiger partial charge in [-0.3, -0.25) is 0 Å². The molecule has 2 nitrogen and oxygen atoms in total. The quantitative estimate of drug-likeness (QED) is 0.153. The molecule has 0 saturated heterocycles. The van der Waals surface area contributed by atoms with Gasteiger partial charge in [-0.2, -0.15) is 13.2 Å². The Morgan fingerprint density at radius 1 is 0.274 bits per heavy atom. The number of halogens is 3. The van der Waals surface area contributed by atoms with Gasteiger partial charge in [-0.1, -0.05) is 140 Å². The Kier molecular flexibility index (Phi) is 8.03. The van der Waals surface area contributed by atoms with Crippen LogP contribution in [-0.4, -0.2) is 9.13 Å². The van der Waals surface area contributed by atoms with Gasteiger partial charge in [0.2, 0.25) is 0 Å². The summed E-state index contributed by atoms with van der Waals surface area (Å²) in [6, 6.07) is 72.3. The molecule has 0 radical (unpaired) electrons. The molecule has 0 N–H and O–H groups in total. The van der Waals surface area contributed by atoms with Crippen LogP contribution in [-0.2, 0) is 6.18 Å². The highest BCUT2D eigenvalue weighted by Gasteiger charge is 2.30. The highest BCUT2D eigenvalue weighted by Crippen LogP contribution is 2.44. The lowest BCUT2D eigenvalue weighted by Crippen LogP contribution is -2.05. The van der Waals surface area contributed by atoms with Crippen molar-refractivity contribution >= 4 is 65.2 Å². The molecule has 2 heterocycles. The Morgan fingerprint density at radius 3 is 1.05 bits per heavy atom. The van der Waals surface area contributed by atoms with Gasteiger partial charge in [-0.25, -0.2) is 0 Å². The summed E-state index contributed by atoms with van der Waals surface area (Å²) in [7, 11) is 0. The second-order valence-electron chi connectivity index (χ2n) is 16.0. The smallest absolute Gasteiger partial charge is 0.309 e. The van der Waals surface area contributed by atoms with Crippen LogP contribution >= 0.6 is 0 Å². The largest absolute Gasteiger partial charge is 0.416 e. The molecule has 12 aromatic rings. The molecule has 0 fully saturated rings. The molecule has 0 amide bonds. The minimum Gasteiger partial charge on any atom is -0.309 e. The van der Waals surface area contributed by atoms with E-state index in [-0.39, 0.29) is 0 Å². The van der Waals surface area contributed by atoms with Gasteiger partial charge in [-0.05, 0) is 128 Å². The molecule has 294 valence electrons. The summed E-state index contributed by atoms with van der Waals surface area (Å²) >= 11 is 0. The normalized spacial score (nSPS) is 12.1. The number of rotatable bonds is 5. The van der Waals surface area contributed by atoms with Crippen LogP contribution in [0.4, 0.5) is 13.2 Å². The zero-order valence-electron chi connectivity index (χ0n) is 33.2. The molecular formula is C57H35F3N2. The maximum Gasteiger partial charge on any atom is 0.416 e. The Hall–Kier alpha value is -7.89. The molecule has 5 heteroatoms. The molecule has 0 saturated carbocycles. The van der Waals surface area contributed by atoms with Crippen LogP contribution in [0.5, 0.6) is 0 Å². The topological polar surface area (TPSA) is 9.86 Å². The van der Waals surface area contributed by atoms with Crippen molar-refractivity contribution in [3.05, 3.63) is 218 Å². The number of nitrogens with zero attached hydrogens (tertiary/aromatic N) is 2. The SMILES string of the molecule is FC(F)(F)c1ccc(-n2c3ccccc3c3cc(-c4ccc5c(c4)c4ccccc4n5-c4ccc(-c5c6ccccc6c(-c6ccccc6)c6ccccc56)cc4)ccc32)cc1. The zero-order chi connectivity index (χ0) is 41.5. The van der Waals surface area contributed by atoms with Crippen molar-refractivity contribution in [1.29, 1.82) is 0 Å². The summed E-state index contributed by atoms with van der Waals surface area (Å²) in [4.78, 5) is 0. The van der Waals surface area contributed by atoms with Gasteiger partial charge in [-0.15, -0.1) is 0 Å². The van der Waals surface area contributed by atoms with E-state index in [1.54, 1.807) is 12.1 Å². The van der Waals surface area contributed by atoms with E-state index in [4.69, 9.17) is 0 Å². The third-order valence-corrected chi connectivity index (χ3v) is 12.5. The summed E-state index contributed by atoms with van der Waals surface area (Å²) in [6.45, 7) is 0. The predicted octanol–water partition coefficient (Wildman–Crippen LogP) is 16.2. The van der Waals surface area contributed by atoms with Crippen molar-refractivity contribution in [2.75, 3.05) is 0 Å². The lowest BCUT2D eigenvalue weighted by Gasteiger charge is -2.18. The molecule has 2 aromatic heterocycles. The monoisotopic (exact) mass is 804 g/mol. The first-order chi connectivity index (χ1) is 30.4. The fourth-order valence-electron chi connectivity index (χ4n) is 9.79. The number of fused-ring (bicyclic) bond motifs is 8.